The molecule has 2 unspecified atom stereocenters. The van der Waals surface area contributed by atoms with Crippen molar-refractivity contribution in [1.82, 2.24) is 19.1 Å². The van der Waals surface area contributed by atoms with E-state index in [1.54, 1.807) is 0 Å². The van der Waals surface area contributed by atoms with Crippen LogP contribution in [0.5, 0.6) is 0 Å². The van der Waals surface area contributed by atoms with Gasteiger partial charge in [0.1, 0.15) is 0 Å². The Balaban J connectivity index is 1.05. The molecule has 0 radical (unpaired) electrons. The Labute approximate surface area is 381 Å². The van der Waals surface area contributed by atoms with Gasteiger partial charge in [0.25, 0.3) is 0 Å². The Bertz CT molecular complexity index is 3830. The van der Waals surface area contributed by atoms with E-state index in [-0.39, 0.29) is 0 Å². The predicted octanol–water partition coefficient (Wildman–Crippen LogP) is 15.9. The molecule has 0 fully saturated rings. The average Bonchev–Trinajstić information content (AvgIpc) is 4.11. The monoisotopic (exact) mass is 844 g/mol. The SMILES string of the molecule is CC1(c2ccc3c(c2)[nH]c2ccccc23)C=C(n2c3ccccc3c3ccccc32)C=CC1=C1C=CC(n2c3ccccc3c3ccccc32)=CC1(C)c1ccc2c(c1)[nH]c1ccccc12. The van der Waals surface area contributed by atoms with Crippen molar-refractivity contribution in [3.05, 3.63) is 241 Å². The number of nitrogens with one attached hydrogen (secondary N) is 2. The minimum absolute atomic E-state index is 0.563. The van der Waals surface area contributed by atoms with Crippen molar-refractivity contribution in [2.75, 3.05) is 0 Å². The summed E-state index contributed by atoms with van der Waals surface area (Å²) in [4.78, 5) is 7.57. The van der Waals surface area contributed by atoms with Crippen LogP contribution in [0.25, 0.3) is 98.6 Å². The van der Waals surface area contributed by atoms with E-state index in [9.17, 15) is 0 Å². The number of para-hydroxylation sites is 6. The second kappa shape index (κ2) is 13.6. The minimum atomic E-state index is -0.563. The quantitative estimate of drug-likeness (QED) is 0.177. The number of benzene rings is 8. The number of rotatable bonds is 4. The number of aromatic amines is 2. The fourth-order valence-corrected chi connectivity index (χ4v) is 11.8. The molecule has 66 heavy (non-hydrogen) atoms. The second-order valence-corrected chi connectivity index (χ2v) is 18.6. The lowest BCUT2D eigenvalue weighted by atomic mass is 9.64. The first-order valence-corrected chi connectivity index (χ1v) is 23.0. The highest BCUT2D eigenvalue weighted by Crippen LogP contribution is 2.51. The van der Waals surface area contributed by atoms with E-state index in [0.29, 0.717) is 0 Å². The smallest absolute Gasteiger partial charge is 0.0540 e. The molecule has 2 aliphatic carbocycles. The lowest BCUT2D eigenvalue weighted by molar-refractivity contribution is 0.653. The van der Waals surface area contributed by atoms with Crippen LogP contribution in [0.1, 0.15) is 25.0 Å². The molecule has 14 rings (SSSR count). The van der Waals surface area contributed by atoms with E-state index < -0.39 is 10.8 Å². The van der Waals surface area contributed by atoms with Gasteiger partial charge in [-0.05, 0) is 109 Å². The molecule has 0 saturated carbocycles. The summed E-state index contributed by atoms with van der Waals surface area (Å²) in [5, 5.41) is 9.97. The molecule has 4 nitrogen and oxygen atoms in total. The highest BCUT2D eigenvalue weighted by atomic mass is 15.0. The van der Waals surface area contributed by atoms with E-state index in [1.807, 2.05) is 0 Å². The van der Waals surface area contributed by atoms with Crippen LogP contribution >= 0.6 is 0 Å². The summed E-state index contributed by atoms with van der Waals surface area (Å²) in [5.74, 6) is 0. The van der Waals surface area contributed by atoms with Gasteiger partial charge in [-0.3, -0.25) is 0 Å². The van der Waals surface area contributed by atoms with Crippen LogP contribution < -0.4 is 0 Å². The maximum atomic E-state index is 3.79. The standard InChI is InChI=1S/C62H44N4/c1-61(39-27-31-45-43-15-3-9-21-53(43)63-55(45)35-39)37-41(65-57-23-11-5-17-47(57)48-18-6-12-24-58(48)65)29-33-51(61)52-34-30-42(66-59-25-13-7-19-49(59)50-20-8-14-26-60(50)66)38-62(52,2)40-28-32-46-44-16-4-10-22-54(44)64-56(46)36-40/h3-38,63-64H,1-2H3. The van der Waals surface area contributed by atoms with Gasteiger partial charge in [0, 0.05) is 87.4 Å². The molecule has 0 saturated heterocycles. The summed E-state index contributed by atoms with van der Waals surface area (Å²) in [6.07, 6.45) is 14.6. The zero-order chi connectivity index (χ0) is 43.7. The van der Waals surface area contributed by atoms with Gasteiger partial charge in [0.2, 0.25) is 0 Å². The number of fused-ring (bicyclic) bond motifs is 12. The minimum Gasteiger partial charge on any atom is -0.355 e. The fourth-order valence-electron chi connectivity index (χ4n) is 11.8. The van der Waals surface area contributed by atoms with Crippen molar-refractivity contribution in [1.29, 1.82) is 0 Å². The van der Waals surface area contributed by atoms with Crippen molar-refractivity contribution < 1.29 is 0 Å². The van der Waals surface area contributed by atoms with Gasteiger partial charge in [-0.1, -0.05) is 146 Å². The van der Waals surface area contributed by atoms with Crippen LogP contribution in [-0.4, -0.2) is 19.1 Å². The maximum Gasteiger partial charge on any atom is 0.0540 e. The van der Waals surface area contributed by atoms with Crippen molar-refractivity contribution in [2.45, 2.75) is 24.7 Å². The highest BCUT2D eigenvalue weighted by Gasteiger charge is 2.40. The molecule has 312 valence electrons. The van der Waals surface area contributed by atoms with E-state index >= 15 is 0 Å². The Hall–Kier alpha value is -8.34. The van der Waals surface area contributed by atoms with Gasteiger partial charge in [-0.25, -0.2) is 0 Å². The van der Waals surface area contributed by atoms with Crippen LogP contribution in [-0.2, 0) is 10.8 Å². The number of aromatic nitrogens is 4. The molecule has 2 atom stereocenters. The van der Waals surface area contributed by atoms with E-state index in [0.717, 1.165) is 33.5 Å². The molecule has 4 heteroatoms. The molecule has 0 amide bonds. The van der Waals surface area contributed by atoms with Crippen molar-refractivity contribution in [3.63, 3.8) is 0 Å². The normalized spacial score (nSPS) is 20.0. The van der Waals surface area contributed by atoms with E-state index in [2.05, 4.69) is 251 Å². The van der Waals surface area contributed by atoms with Gasteiger partial charge in [0.05, 0.1) is 22.1 Å². The molecule has 12 aromatic rings. The Morgan fingerprint density at radius 2 is 0.636 bits per heavy atom. The molecule has 0 aliphatic heterocycles. The molecular formula is C62H44N4. The van der Waals surface area contributed by atoms with Gasteiger partial charge in [-0.2, -0.15) is 0 Å². The third-order valence-electron chi connectivity index (χ3n) is 15.0. The third-order valence-corrected chi connectivity index (χ3v) is 15.0. The first kappa shape index (κ1) is 37.1. The average molecular weight is 845 g/mol. The van der Waals surface area contributed by atoms with Gasteiger partial charge >= 0.3 is 0 Å². The Morgan fingerprint density at radius 1 is 0.318 bits per heavy atom. The first-order chi connectivity index (χ1) is 32.4. The second-order valence-electron chi connectivity index (χ2n) is 18.6. The molecule has 4 aromatic heterocycles. The Kier molecular flexibility index (Phi) is 7.63. The molecule has 0 bridgehead atoms. The van der Waals surface area contributed by atoms with Gasteiger partial charge in [-0.15, -0.1) is 0 Å². The summed E-state index contributed by atoms with van der Waals surface area (Å²) in [5.41, 5.74) is 15.5. The highest BCUT2D eigenvalue weighted by molar-refractivity contribution is 6.13. The van der Waals surface area contributed by atoms with Crippen LogP contribution in [0.3, 0.4) is 0 Å². The fraction of sp³-hybridized carbons (Fsp3) is 0.0645. The lowest BCUT2D eigenvalue weighted by Gasteiger charge is -2.40. The summed E-state index contributed by atoms with van der Waals surface area (Å²) in [6.45, 7) is 4.86. The van der Waals surface area contributed by atoms with Crippen molar-refractivity contribution in [3.8, 4) is 0 Å². The van der Waals surface area contributed by atoms with Crippen LogP contribution in [0.2, 0.25) is 0 Å². The molecule has 8 aromatic carbocycles. The molecular weight excluding hydrogens is 801 g/mol. The molecule has 2 N–H and O–H groups in total. The number of hydrogen-bond acceptors (Lipinski definition) is 0. The van der Waals surface area contributed by atoms with Gasteiger partial charge in [0.15, 0.2) is 0 Å². The number of allylic oxidation sites excluding steroid dienone is 10. The lowest BCUT2D eigenvalue weighted by Crippen LogP contribution is -2.32. The summed E-state index contributed by atoms with van der Waals surface area (Å²) < 4.78 is 4.92. The zero-order valence-corrected chi connectivity index (χ0v) is 36.7. The van der Waals surface area contributed by atoms with Crippen molar-refractivity contribution >= 4 is 98.6 Å². The van der Waals surface area contributed by atoms with E-state index in [1.165, 1.54) is 87.4 Å². The molecule has 2 aliphatic rings. The summed E-state index contributed by atoms with van der Waals surface area (Å²) in [7, 11) is 0. The topological polar surface area (TPSA) is 41.4 Å². The molecule has 0 spiro atoms. The first-order valence-electron chi connectivity index (χ1n) is 23.0. The third kappa shape index (κ3) is 5.15. The maximum absolute atomic E-state index is 3.79. The number of nitrogens with zero attached hydrogens (tertiary/aromatic N) is 2. The summed E-state index contributed by atoms with van der Waals surface area (Å²) >= 11 is 0. The van der Waals surface area contributed by atoms with Gasteiger partial charge < -0.3 is 19.1 Å². The summed E-state index contributed by atoms with van der Waals surface area (Å²) in [6, 6.07) is 66.7. The number of H-pyrrole nitrogens is 2. The molecule has 4 heterocycles. The largest absolute Gasteiger partial charge is 0.355 e. The zero-order valence-electron chi connectivity index (χ0n) is 36.7. The van der Waals surface area contributed by atoms with Crippen LogP contribution in [0, 0.1) is 0 Å². The van der Waals surface area contributed by atoms with E-state index in [4.69, 9.17) is 0 Å². The predicted molar refractivity (Wildman–Crippen MR) is 279 cm³/mol. The number of hydrogen-bond donors (Lipinski definition) is 2. The van der Waals surface area contributed by atoms with Crippen molar-refractivity contribution in [2.24, 2.45) is 0 Å². The van der Waals surface area contributed by atoms with Crippen LogP contribution in [0.15, 0.2) is 230 Å². The Morgan fingerprint density at radius 3 is 1.02 bits per heavy atom. The van der Waals surface area contributed by atoms with Crippen LogP contribution in [0.4, 0.5) is 0 Å².